The fraction of sp³-hybridized carbons (Fsp3) is 0.450. The first kappa shape index (κ1) is 17.6. The van der Waals surface area contributed by atoms with Gasteiger partial charge in [0.1, 0.15) is 6.54 Å². The average molecular weight is 313 g/mol. The summed E-state index contributed by atoms with van der Waals surface area (Å²) in [6, 6.07) is 14.2. The van der Waals surface area contributed by atoms with Gasteiger partial charge in [-0.1, -0.05) is 43.7 Å². The SMILES string of the molecule is CCCC[n+]1cccc(CN(C)[C@H](C)[C@H](O)c2ccccc2)c1. The highest BCUT2D eigenvalue weighted by Gasteiger charge is 2.20. The maximum absolute atomic E-state index is 10.6. The number of hydrogen-bond acceptors (Lipinski definition) is 2. The molecule has 1 aromatic carbocycles. The summed E-state index contributed by atoms with van der Waals surface area (Å²) in [6.45, 7) is 6.19. The molecular weight excluding hydrogens is 284 g/mol. The van der Waals surface area contributed by atoms with Crippen LogP contribution in [0.2, 0.25) is 0 Å². The van der Waals surface area contributed by atoms with Gasteiger partial charge in [0, 0.05) is 30.6 Å². The molecule has 3 nitrogen and oxygen atoms in total. The average Bonchev–Trinajstić information content (AvgIpc) is 2.59. The maximum atomic E-state index is 10.6. The Hall–Kier alpha value is -1.71. The van der Waals surface area contributed by atoms with Crippen molar-refractivity contribution in [2.45, 2.75) is 51.9 Å². The van der Waals surface area contributed by atoms with E-state index in [-0.39, 0.29) is 6.04 Å². The maximum Gasteiger partial charge on any atom is 0.173 e. The molecule has 0 saturated heterocycles. The van der Waals surface area contributed by atoms with Gasteiger partial charge in [-0.2, -0.15) is 0 Å². The summed E-state index contributed by atoms with van der Waals surface area (Å²) in [5.41, 5.74) is 2.25. The molecule has 0 bridgehead atoms. The summed E-state index contributed by atoms with van der Waals surface area (Å²) < 4.78 is 2.25. The van der Waals surface area contributed by atoms with Gasteiger partial charge in [0.2, 0.25) is 0 Å². The molecule has 124 valence electrons. The molecule has 0 spiro atoms. The number of aliphatic hydroxyl groups is 1. The molecule has 2 rings (SSSR count). The van der Waals surface area contributed by atoms with E-state index in [0.29, 0.717) is 0 Å². The zero-order valence-electron chi connectivity index (χ0n) is 14.5. The van der Waals surface area contributed by atoms with Gasteiger partial charge >= 0.3 is 0 Å². The lowest BCUT2D eigenvalue weighted by atomic mass is 10.0. The molecule has 0 aliphatic carbocycles. The lowest BCUT2D eigenvalue weighted by Crippen LogP contribution is -2.36. The lowest BCUT2D eigenvalue weighted by molar-refractivity contribution is -0.697. The van der Waals surface area contributed by atoms with Crippen molar-refractivity contribution in [1.82, 2.24) is 4.90 Å². The van der Waals surface area contributed by atoms with Gasteiger partial charge < -0.3 is 5.11 Å². The van der Waals surface area contributed by atoms with Gasteiger partial charge in [0.05, 0.1) is 6.10 Å². The molecule has 0 unspecified atom stereocenters. The van der Waals surface area contributed by atoms with Crippen molar-refractivity contribution >= 4 is 0 Å². The summed E-state index contributed by atoms with van der Waals surface area (Å²) in [6.07, 6.45) is 6.27. The van der Waals surface area contributed by atoms with E-state index in [1.54, 1.807) is 0 Å². The number of pyridine rings is 1. The van der Waals surface area contributed by atoms with Crippen LogP contribution in [0.1, 0.15) is 43.9 Å². The molecule has 0 aliphatic heterocycles. The zero-order chi connectivity index (χ0) is 16.7. The molecule has 0 amide bonds. The van der Waals surface area contributed by atoms with Crippen LogP contribution < -0.4 is 4.57 Å². The van der Waals surface area contributed by atoms with E-state index in [1.807, 2.05) is 30.3 Å². The molecule has 0 aliphatic rings. The summed E-state index contributed by atoms with van der Waals surface area (Å²) in [5, 5.41) is 10.6. The Morgan fingerprint density at radius 1 is 1.13 bits per heavy atom. The summed E-state index contributed by atoms with van der Waals surface area (Å²) in [7, 11) is 2.07. The highest BCUT2D eigenvalue weighted by molar-refractivity contribution is 5.18. The van der Waals surface area contributed by atoms with Crippen LogP contribution in [-0.4, -0.2) is 23.1 Å². The minimum Gasteiger partial charge on any atom is -0.387 e. The molecule has 1 heterocycles. The number of aromatic nitrogens is 1. The Morgan fingerprint density at radius 2 is 1.87 bits per heavy atom. The fourth-order valence-electron chi connectivity index (χ4n) is 2.75. The van der Waals surface area contributed by atoms with E-state index in [2.05, 4.69) is 54.9 Å². The summed E-state index contributed by atoms with van der Waals surface area (Å²) in [4.78, 5) is 2.21. The van der Waals surface area contributed by atoms with Gasteiger partial charge in [-0.3, -0.25) is 4.90 Å². The van der Waals surface area contributed by atoms with Crippen molar-refractivity contribution in [3.8, 4) is 0 Å². The van der Waals surface area contributed by atoms with Gasteiger partial charge in [-0.25, -0.2) is 4.57 Å². The van der Waals surface area contributed by atoms with Crippen LogP contribution in [-0.2, 0) is 13.1 Å². The molecule has 0 fully saturated rings. The topological polar surface area (TPSA) is 27.4 Å². The first-order valence-corrected chi connectivity index (χ1v) is 8.53. The van der Waals surface area contributed by atoms with Gasteiger partial charge in [-0.15, -0.1) is 0 Å². The standard InChI is InChI=1S/C20H29N2O/c1-4-5-13-22-14-9-10-18(16-22)15-21(3)17(2)20(23)19-11-7-6-8-12-19/h6-12,14,16-17,20,23H,4-5,13,15H2,1-3H3/q+1/t17-,20+/m1/s1. The second-order valence-corrected chi connectivity index (χ2v) is 6.31. The van der Waals surface area contributed by atoms with Crippen LogP contribution >= 0.6 is 0 Å². The second kappa shape index (κ2) is 8.80. The third kappa shape index (κ3) is 5.15. The van der Waals surface area contributed by atoms with Crippen LogP contribution in [0.4, 0.5) is 0 Å². The predicted octanol–water partition coefficient (Wildman–Crippen LogP) is 3.33. The van der Waals surface area contributed by atoms with Crippen LogP contribution in [0.15, 0.2) is 54.9 Å². The molecule has 0 radical (unpaired) electrons. The van der Waals surface area contributed by atoms with Crippen LogP contribution in [0.3, 0.4) is 0 Å². The Labute approximate surface area is 140 Å². The Bertz CT molecular complexity index is 585. The molecule has 1 N–H and O–H groups in total. The van der Waals surface area contributed by atoms with E-state index < -0.39 is 6.10 Å². The van der Waals surface area contributed by atoms with Gasteiger partial charge in [0.25, 0.3) is 0 Å². The van der Waals surface area contributed by atoms with Crippen molar-refractivity contribution in [3.05, 3.63) is 66.0 Å². The van der Waals surface area contributed by atoms with Crippen LogP contribution in [0.25, 0.3) is 0 Å². The summed E-state index contributed by atoms with van der Waals surface area (Å²) >= 11 is 0. The minimum atomic E-state index is -0.475. The number of nitrogens with zero attached hydrogens (tertiary/aromatic N) is 2. The number of aliphatic hydroxyl groups excluding tert-OH is 1. The van der Waals surface area contributed by atoms with Crippen LogP contribution in [0, 0.1) is 0 Å². The first-order chi connectivity index (χ1) is 11.1. The van der Waals surface area contributed by atoms with E-state index in [0.717, 1.165) is 18.7 Å². The molecule has 2 atom stereocenters. The van der Waals surface area contributed by atoms with Crippen molar-refractivity contribution in [2.24, 2.45) is 0 Å². The lowest BCUT2D eigenvalue weighted by Gasteiger charge is -2.28. The van der Waals surface area contributed by atoms with Crippen molar-refractivity contribution in [2.75, 3.05) is 7.05 Å². The number of rotatable bonds is 8. The van der Waals surface area contributed by atoms with Crippen molar-refractivity contribution in [1.29, 1.82) is 0 Å². The number of likely N-dealkylation sites (N-methyl/N-ethyl adjacent to an activating group) is 1. The third-order valence-electron chi connectivity index (χ3n) is 4.41. The number of unbranched alkanes of at least 4 members (excludes halogenated alkanes) is 1. The van der Waals surface area contributed by atoms with Gasteiger partial charge in [-0.05, 0) is 25.6 Å². The van der Waals surface area contributed by atoms with E-state index in [1.165, 1.54) is 18.4 Å². The minimum absolute atomic E-state index is 0.0571. The normalized spacial score (nSPS) is 14.0. The molecule has 0 saturated carbocycles. The molecule has 3 heteroatoms. The van der Waals surface area contributed by atoms with E-state index in [4.69, 9.17) is 0 Å². The van der Waals surface area contributed by atoms with E-state index in [9.17, 15) is 5.11 Å². The Morgan fingerprint density at radius 3 is 2.57 bits per heavy atom. The smallest absolute Gasteiger partial charge is 0.173 e. The molecule has 2 aromatic rings. The number of hydrogen-bond donors (Lipinski definition) is 1. The fourth-order valence-corrected chi connectivity index (χ4v) is 2.75. The zero-order valence-corrected chi connectivity index (χ0v) is 14.5. The number of benzene rings is 1. The third-order valence-corrected chi connectivity index (χ3v) is 4.41. The van der Waals surface area contributed by atoms with Crippen molar-refractivity contribution in [3.63, 3.8) is 0 Å². The Kier molecular flexibility index (Phi) is 6.75. The molecule has 23 heavy (non-hydrogen) atoms. The van der Waals surface area contributed by atoms with Gasteiger partial charge in [0.15, 0.2) is 12.4 Å². The quantitative estimate of drug-likeness (QED) is 0.757. The number of aryl methyl sites for hydroxylation is 1. The molecule has 1 aromatic heterocycles. The summed E-state index contributed by atoms with van der Waals surface area (Å²) in [5.74, 6) is 0. The highest BCUT2D eigenvalue weighted by atomic mass is 16.3. The van der Waals surface area contributed by atoms with Crippen LogP contribution in [0.5, 0.6) is 0 Å². The Balaban J connectivity index is 1.99. The van der Waals surface area contributed by atoms with Crippen molar-refractivity contribution < 1.29 is 9.67 Å². The molecular formula is C20H29N2O+. The van der Waals surface area contributed by atoms with E-state index >= 15 is 0 Å². The second-order valence-electron chi connectivity index (χ2n) is 6.31. The highest BCUT2D eigenvalue weighted by Crippen LogP contribution is 2.20. The monoisotopic (exact) mass is 313 g/mol. The predicted molar refractivity (Wildman–Crippen MR) is 93.9 cm³/mol. The first-order valence-electron chi connectivity index (χ1n) is 8.53. The largest absolute Gasteiger partial charge is 0.387 e.